The van der Waals surface area contributed by atoms with Crippen LogP contribution < -0.4 is 4.74 Å². The van der Waals surface area contributed by atoms with Crippen molar-refractivity contribution in [3.63, 3.8) is 0 Å². The van der Waals surface area contributed by atoms with Gasteiger partial charge in [0.05, 0.1) is 17.1 Å². The van der Waals surface area contributed by atoms with Gasteiger partial charge in [0.25, 0.3) is 0 Å². The van der Waals surface area contributed by atoms with Gasteiger partial charge in [-0.05, 0) is 31.9 Å². The quantitative estimate of drug-likeness (QED) is 0.623. The maximum atomic E-state index is 12.1. The van der Waals surface area contributed by atoms with Gasteiger partial charge < -0.3 is 4.74 Å². The standard InChI is InChI=1S/C17H21NO2S/c1-10(2)17-18-14(9-21-17)8-15(19)20-16-12(4)6-11(3)7-13(16)5/h6-7,9-10H,8H2,1-5H3. The molecule has 0 radical (unpaired) electrons. The minimum absolute atomic E-state index is 0.218. The Balaban J connectivity index is 2.08. The van der Waals surface area contributed by atoms with Gasteiger partial charge in [-0.1, -0.05) is 31.5 Å². The number of ether oxygens (including phenoxy) is 1. The molecule has 0 amide bonds. The normalized spacial score (nSPS) is 11.0. The SMILES string of the molecule is Cc1cc(C)c(OC(=O)Cc2csc(C(C)C)n2)c(C)c1. The molecule has 1 aromatic carbocycles. The van der Waals surface area contributed by atoms with Crippen LogP contribution in [0.15, 0.2) is 17.5 Å². The van der Waals surface area contributed by atoms with Crippen molar-refractivity contribution in [2.45, 2.75) is 47.0 Å². The molecule has 3 nitrogen and oxygen atoms in total. The fourth-order valence-corrected chi connectivity index (χ4v) is 3.13. The number of hydrogen-bond donors (Lipinski definition) is 0. The van der Waals surface area contributed by atoms with Crippen molar-refractivity contribution in [1.82, 2.24) is 4.98 Å². The number of carbonyl (C=O) groups excluding carboxylic acids is 1. The molecule has 2 rings (SSSR count). The Labute approximate surface area is 130 Å². The van der Waals surface area contributed by atoms with Crippen molar-refractivity contribution in [2.75, 3.05) is 0 Å². The molecule has 2 aromatic rings. The van der Waals surface area contributed by atoms with Crippen molar-refractivity contribution in [2.24, 2.45) is 0 Å². The van der Waals surface area contributed by atoms with Gasteiger partial charge in [0.1, 0.15) is 5.75 Å². The van der Waals surface area contributed by atoms with E-state index in [0.29, 0.717) is 11.7 Å². The zero-order chi connectivity index (χ0) is 15.6. The van der Waals surface area contributed by atoms with Gasteiger partial charge in [-0.2, -0.15) is 0 Å². The number of carbonyl (C=O) groups is 1. The van der Waals surface area contributed by atoms with E-state index in [0.717, 1.165) is 21.8 Å². The third kappa shape index (κ3) is 3.91. The van der Waals surface area contributed by atoms with Crippen LogP contribution in [0.2, 0.25) is 0 Å². The van der Waals surface area contributed by atoms with Crippen LogP contribution in [0.25, 0.3) is 0 Å². The monoisotopic (exact) mass is 303 g/mol. The largest absolute Gasteiger partial charge is 0.426 e. The third-order valence-corrected chi connectivity index (χ3v) is 4.40. The van der Waals surface area contributed by atoms with Crippen molar-refractivity contribution >= 4 is 17.3 Å². The highest BCUT2D eigenvalue weighted by molar-refractivity contribution is 7.09. The Morgan fingerprint density at radius 3 is 2.38 bits per heavy atom. The second kappa shape index (κ2) is 6.39. The third-order valence-electron chi connectivity index (χ3n) is 3.21. The highest BCUT2D eigenvalue weighted by Gasteiger charge is 2.14. The first kappa shape index (κ1) is 15.7. The van der Waals surface area contributed by atoms with Crippen LogP contribution >= 0.6 is 11.3 Å². The molecular formula is C17H21NO2S. The Bertz CT molecular complexity index is 636. The number of hydrogen-bond acceptors (Lipinski definition) is 4. The Hall–Kier alpha value is -1.68. The lowest BCUT2D eigenvalue weighted by Crippen LogP contribution is -2.13. The number of aryl methyl sites for hydroxylation is 3. The van der Waals surface area contributed by atoms with E-state index in [-0.39, 0.29) is 12.4 Å². The summed E-state index contributed by atoms with van der Waals surface area (Å²) in [5, 5.41) is 2.99. The number of aromatic nitrogens is 1. The Kier molecular flexibility index (Phi) is 4.78. The van der Waals surface area contributed by atoms with Crippen LogP contribution in [-0.2, 0) is 11.2 Å². The number of thiazole rings is 1. The lowest BCUT2D eigenvalue weighted by Gasteiger charge is -2.11. The van der Waals surface area contributed by atoms with Gasteiger partial charge in [0.2, 0.25) is 0 Å². The maximum absolute atomic E-state index is 12.1. The van der Waals surface area contributed by atoms with Gasteiger partial charge in [-0.25, -0.2) is 4.98 Å². The molecule has 1 heterocycles. The summed E-state index contributed by atoms with van der Waals surface area (Å²) in [6.45, 7) is 10.2. The lowest BCUT2D eigenvalue weighted by atomic mass is 10.1. The van der Waals surface area contributed by atoms with E-state index >= 15 is 0 Å². The second-order valence-corrected chi connectivity index (χ2v) is 6.60. The van der Waals surface area contributed by atoms with Gasteiger partial charge >= 0.3 is 5.97 Å². The molecule has 4 heteroatoms. The fraction of sp³-hybridized carbons (Fsp3) is 0.412. The zero-order valence-corrected chi connectivity index (χ0v) is 14.0. The molecule has 0 aliphatic rings. The minimum Gasteiger partial charge on any atom is -0.426 e. The van der Waals surface area contributed by atoms with Crippen LogP contribution in [-0.4, -0.2) is 11.0 Å². The van der Waals surface area contributed by atoms with Crippen LogP contribution in [0.4, 0.5) is 0 Å². The van der Waals surface area contributed by atoms with E-state index in [1.807, 2.05) is 38.3 Å². The van der Waals surface area contributed by atoms with E-state index in [1.54, 1.807) is 11.3 Å². The summed E-state index contributed by atoms with van der Waals surface area (Å²) in [7, 11) is 0. The highest BCUT2D eigenvalue weighted by atomic mass is 32.1. The maximum Gasteiger partial charge on any atom is 0.317 e. The molecule has 0 saturated carbocycles. The summed E-state index contributed by atoms with van der Waals surface area (Å²) < 4.78 is 5.53. The molecule has 112 valence electrons. The van der Waals surface area contributed by atoms with E-state index in [1.165, 1.54) is 5.56 Å². The van der Waals surface area contributed by atoms with Crippen LogP contribution in [0.5, 0.6) is 5.75 Å². The van der Waals surface area contributed by atoms with E-state index in [4.69, 9.17) is 4.74 Å². The summed E-state index contributed by atoms with van der Waals surface area (Å²) in [6, 6.07) is 4.05. The van der Waals surface area contributed by atoms with Gasteiger partial charge in [-0.15, -0.1) is 11.3 Å². The molecule has 0 unspecified atom stereocenters. The summed E-state index contributed by atoms with van der Waals surface area (Å²) in [6.07, 6.45) is 0.218. The Morgan fingerprint density at radius 2 is 1.86 bits per heavy atom. The van der Waals surface area contributed by atoms with Crippen LogP contribution in [0, 0.1) is 20.8 Å². The average molecular weight is 303 g/mol. The van der Waals surface area contributed by atoms with E-state index in [2.05, 4.69) is 18.8 Å². The van der Waals surface area contributed by atoms with Gasteiger partial charge in [0.15, 0.2) is 0 Å². The van der Waals surface area contributed by atoms with E-state index in [9.17, 15) is 4.79 Å². The van der Waals surface area contributed by atoms with Gasteiger partial charge in [0, 0.05) is 11.3 Å². The summed E-state index contributed by atoms with van der Waals surface area (Å²) in [5.41, 5.74) is 3.94. The first-order chi connectivity index (χ1) is 9.86. The molecule has 0 atom stereocenters. The van der Waals surface area contributed by atoms with Crippen molar-refractivity contribution in [1.29, 1.82) is 0 Å². The molecule has 0 spiro atoms. The van der Waals surface area contributed by atoms with Crippen LogP contribution in [0.3, 0.4) is 0 Å². The zero-order valence-electron chi connectivity index (χ0n) is 13.2. The smallest absolute Gasteiger partial charge is 0.317 e. The molecule has 0 N–H and O–H groups in total. The lowest BCUT2D eigenvalue weighted by molar-refractivity contribution is -0.133. The molecule has 1 aromatic heterocycles. The molecule has 0 bridgehead atoms. The average Bonchev–Trinajstić information content (AvgIpc) is 2.82. The molecule has 0 aliphatic carbocycles. The molecule has 0 aliphatic heterocycles. The second-order valence-electron chi connectivity index (χ2n) is 5.71. The van der Waals surface area contributed by atoms with E-state index < -0.39 is 0 Å². The Morgan fingerprint density at radius 1 is 1.24 bits per heavy atom. The number of esters is 1. The first-order valence-corrected chi connectivity index (χ1v) is 7.97. The minimum atomic E-state index is -0.259. The first-order valence-electron chi connectivity index (χ1n) is 7.09. The summed E-state index contributed by atoms with van der Waals surface area (Å²) in [5.74, 6) is 0.803. The number of rotatable bonds is 4. The number of benzene rings is 1. The molecule has 21 heavy (non-hydrogen) atoms. The van der Waals surface area contributed by atoms with Crippen LogP contribution in [0.1, 0.15) is 47.2 Å². The molecule has 0 saturated heterocycles. The van der Waals surface area contributed by atoms with Crippen molar-refractivity contribution < 1.29 is 9.53 Å². The van der Waals surface area contributed by atoms with Crippen molar-refractivity contribution in [3.8, 4) is 5.75 Å². The predicted octanol–water partition coefficient (Wildman–Crippen LogP) is 4.34. The summed E-state index contributed by atoms with van der Waals surface area (Å²) in [4.78, 5) is 16.6. The predicted molar refractivity (Wildman–Crippen MR) is 86.2 cm³/mol. The fourth-order valence-electron chi connectivity index (χ4n) is 2.29. The topological polar surface area (TPSA) is 39.2 Å². The molecule has 0 fully saturated rings. The number of nitrogens with zero attached hydrogens (tertiary/aromatic N) is 1. The van der Waals surface area contributed by atoms with Gasteiger partial charge in [-0.3, -0.25) is 4.79 Å². The summed E-state index contributed by atoms with van der Waals surface area (Å²) >= 11 is 1.60. The van der Waals surface area contributed by atoms with Crippen molar-refractivity contribution in [3.05, 3.63) is 44.9 Å². The molecular weight excluding hydrogens is 282 g/mol. The highest BCUT2D eigenvalue weighted by Crippen LogP contribution is 2.25.